The first-order valence-corrected chi connectivity index (χ1v) is 11.2. The number of hydrogen-bond donors (Lipinski definition) is 1. The SMILES string of the molecule is O=C(Nc1ccc(-n2nc(-c3cccnc3)cc2C(F)(F)F)cn1)c1cccc(N2CCOCC2)c1. The summed E-state index contributed by atoms with van der Waals surface area (Å²) in [6, 6.07) is 14.3. The van der Waals surface area contributed by atoms with Gasteiger partial charge in [-0.25, -0.2) is 9.67 Å². The second kappa shape index (κ2) is 9.78. The van der Waals surface area contributed by atoms with Crippen molar-refractivity contribution in [3.63, 3.8) is 0 Å². The van der Waals surface area contributed by atoms with Crippen LogP contribution in [0.4, 0.5) is 24.7 Å². The Kier molecular flexibility index (Phi) is 6.38. The van der Waals surface area contributed by atoms with Gasteiger partial charge in [0.25, 0.3) is 5.91 Å². The fraction of sp³-hybridized carbons (Fsp3) is 0.200. The molecule has 0 radical (unpaired) electrons. The van der Waals surface area contributed by atoms with Gasteiger partial charge in [0, 0.05) is 42.3 Å². The van der Waals surface area contributed by atoms with Crippen LogP contribution in [0.1, 0.15) is 16.1 Å². The number of amides is 1. The number of hydrogen-bond acceptors (Lipinski definition) is 6. The van der Waals surface area contributed by atoms with E-state index in [-0.39, 0.29) is 23.1 Å². The van der Waals surface area contributed by atoms with Crippen molar-refractivity contribution in [3.8, 4) is 16.9 Å². The van der Waals surface area contributed by atoms with Crippen LogP contribution in [0, 0.1) is 0 Å². The molecule has 1 saturated heterocycles. The Morgan fingerprint density at radius 1 is 0.972 bits per heavy atom. The third kappa shape index (κ3) is 5.05. The standard InChI is InChI=1S/C25H21F3N6O2/c26-25(27,28)22-14-21(18-4-2-8-29-15-18)32-34(22)20-6-7-23(30-16-20)31-24(35)17-3-1-5-19(13-17)33-9-11-36-12-10-33/h1-8,13-16H,9-12H2,(H,30,31,35). The Hall–Kier alpha value is -4.25. The fourth-order valence-corrected chi connectivity index (χ4v) is 3.87. The lowest BCUT2D eigenvalue weighted by atomic mass is 10.1. The van der Waals surface area contributed by atoms with Crippen LogP contribution in [0.3, 0.4) is 0 Å². The fourth-order valence-electron chi connectivity index (χ4n) is 3.87. The van der Waals surface area contributed by atoms with Gasteiger partial charge in [-0.1, -0.05) is 6.07 Å². The Labute approximate surface area is 204 Å². The molecule has 1 amide bonds. The zero-order chi connectivity index (χ0) is 25.1. The molecule has 3 aromatic heterocycles. The van der Waals surface area contributed by atoms with Crippen LogP contribution in [0.2, 0.25) is 0 Å². The molecular formula is C25H21F3N6O2. The minimum atomic E-state index is -4.63. The number of pyridine rings is 2. The van der Waals surface area contributed by atoms with Crippen molar-refractivity contribution in [3.05, 3.63) is 84.4 Å². The maximum Gasteiger partial charge on any atom is 0.433 e. The normalized spacial score (nSPS) is 14.0. The number of morpholine rings is 1. The molecule has 5 rings (SSSR count). The van der Waals surface area contributed by atoms with Crippen LogP contribution >= 0.6 is 0 Å². The first-order valence-electron chi connectivity index (χ1n) is 11.2. The molecule has 4 heterocycles. The van der Waals surface area contributed by atoms with Gasteiger partial charge in [0.05, 0.1) is 30.8 Å². The second-order valence-corrected chi connectivity index (χ2v) is 8.07. The molecule has 1 fully saturated rings. The number of anilines is 2. The average Bonchev–Trinajstić information content (AvgIpc) is 3.37. The van der Waals surface area contributed by atoms with Crippen molar-refractivity contribution in [2.24, 2.45) is 0 Å². The van der Waals surface area contributed by atoms with Crippen molar-refractivity contribution in [2.45, 2.75) is 6.18 Å². The lowest BCUT2D eigenvalue weighted by molar-refractivity contribution is -0.142. The minimum Gasteiger partial charge on any atom is -0.378 e. The largest absolute Gasteiger partial charge is 0.433 e. The van der Waals surface area contributed by atoms with Crippen LogP contribution in [0.15, 0.2) is 73.2 Å². The second-order valence-electron chi connectivity index (χ2n) is 8.07. The van der Waals surface area contributed by atoms with E-state index in [1.54, 1.807) is 30.3 Å². The molecule has 1 aliphatic rings. The van der Waals surface area contributed by atoms with Crippen molar-refractivity contribution < 1.29 is 22.7 Å². The number of nitrogens with one attached hydrogen (secondary N) is 1. The monoisotopic (exact) mass is 494 g/mol. The molecule has 11 heteroatoms. The molecule has 184 valence electrons. The van der Waals surface area contributed by atoms with Gasteiger partial charge in [-0.3, -0.25) is 9.78 Å². The van der Waals surface area contributed by atoms with E-state index in [1.807, 2.05) is 6.07 Å². The van der Waals surface area contributed by atoms with Gasteiger partial charge in [0.2, 0.25) is 0 Å². The molecule has 0 unspecified atom stereocenters. The predicted molar refractivity (Wildman–Crippen MR) is 127 cm³/mol. The van der Waals surface area contributed by atoms with E-state index >= 15 is 0 Å². The molecule has 8 nitrogen and oxygen atoms in total. The number of ether oxygens (including phenoxy) is 1. The maximum absolute atomic E-state index is 13.7. The van der Waals surface area contributed by atoms with Crippen LogP contribution < -0.4 is 10.2 Å². The first-order chi connectivity index (χ1) is 17.4. The van der Waals surface area contributed by atoms with E-state index in [9.17, 15) is 18.0 Å². The van der Waals surface area contributed by atoms with Gasteiger partial charge in [-0.2, -0.15) is 18.3 Å². The summed E-state index contributed by atoms with van der Waals surface area (Å²) < 4.78 is 47.3. The van der Waals surface area contributed by atoms with E-state index in [2.05, 4.69) is 25.3 Å². The van der Waals surface area contributed by atoms with Crippen LogP contribution in [-0.4, -0.2) is 52.0 Å². The average molecular weight is 494 g/mol. The van der Waals surface area contributed by atoms with Gasteiger partial charge < -0.3 is 15.0 Å². The number of halogens is 3. The maximum atomic E-state index is 13.7. The zero-order valence-corrected chi connectivity index (χ0v) is 18.9. The number of carbonyl (C=O) groups is 1. The molecule has 0 spiro atoms. The highest BCUT2D eigenvalue weighted by Crippen LogP contribution is 2.34. The highest BCUT2D eigenvalue weighted by molar-refractivity contribution is 6.04. The van der Waals surface area contributed by atoms with E-state index in [4.69, 9.17) is 4.74 Å². The molecule has 1 aromatic carbocycles. The van der Waals surface area contributed by atoms with E-state index in [1.165, 1.54) is 30.7 Å². The molecule has 0 bridgehead atoms. The molecule has 36 heavy (non-hydrogen) atoms. The van der Waals surface area contributed by atoms with E-state index in [0.29, 0.717) is 24.3 Å². The summed E-state index contributed by atoms with van der Waals surface area (Å²) in [7, 11) is 0. The van der Waals surface area contributed by atoms with E-state index in [0.717, 1.165) is 29.5 Å². The summed E-state index contributed by atoms with van der Waals surface area (Å²) in [5.41, 5.74) is 1.10. The summed E-state index contributed by atoms with van der Waals surface area (Å²) >= 11 is 0. The third-order valence-corrected chi connectivity index (χ3v) is 5.68. The summed E-state index contributed by atoms with van der Waals surface area (Å²) in [6.07, 6.45) is -0.431. The predicted octanol–water partition coefficient (Wildman–Crippen LogP) is 4.44. The Morgan fingerprint density at radius 3 is 2.50 bits per heavy atom. The molecular weight excluding hydrogens is 473 g/mol. The Balaban J connectivity index is 1.36. The summed E-state index contributed by atoms with van der Waals surface area (Å²) in [5, 5.41) is 6.81. The van der Waals surface area contributed by atoms with Gasteiger partial charge in [-0.15, -0.1) is 0 Å². The number of nitrogens with zero attached hydrogens (tertiary/aromatic N) is 5. The molecule has 4 aromatic rings. The molecule has 1 aliphatic heterocycles. The summed E-state index contributed by atoms with van der Waals surface area (Å²) in [5.74, 6) is -0.173. The smallest absolute Gasteiger partial charge is 0.378 e. The number of alkyl halides is 3. The lowest BCUT2D eigenvalue weighted by Crippen LogP contribution is -2.36. The highest BCUT2D eigenvalue weighted by Gasteiger charge is 2.36. The van der Waals surface area contributed by atoms with Gasteiger partial charge >= 0.3 is 6.18 Å². The van der Waals surface area contributed by atoms with Crippen LogP contribution in [-0.2, 0) is 10.9 Å². The number of benzene rings is 1. The van der Waals surface area contributed by atoms with Crippen molar-refractivity contribution in [1.29, 1.82) is 0 Å². The lowest BCUT2D eigenvalue weighted by Gasteiger charge is -2.29. The highest BCUT2D eigenvalue weighted by atomic mass is 19.4. The van der Waals surface area contributed by atoms with E-state index < -0.39 is 11.9 Å². The zero-order valence-electron chi connectivity index (χ0n) is 18.9. The van der Waals surface area contributed by atoms with Crippen molar-refractivity contribution in [2.75, 3.05) is 36.5 Å². The van der Waals surface area contributed by atoms with Crippen molar-refractivity contribution in [1.82, 2.24) is 19.7 Å². The van der Waals surface area contributed by atoms with Crippen LogP contribution in [0.5, 0.6) is 0 Å². The topological polar surface area (TPSA) is 85.2 Å². The van der Waals surface area contributed by atoms with Gasteiger partial charge in [-0.05, 0) is 48.5 Å². The number of carbonyl (C=O) groups excluding carboxylic acids is 1. The quantitative estimate of drug-likeness (QED) is 0.442. The van der Waals surface area contributed by atoms with Crippen molar-refractivity contribution >= 4 is 17.4 Å². The molecule has 0 atom stereocenters. The summed E-state index contributed by atoms with van der Waals surface area (Å²) in [6.45, 7) is 2.74. The number of aromatic nitrogens is 4. The molecule has 1 N–H and O–H groups in total. The van der Waals surface area contributed by atoms with Gasteiger partial charge in [0.15, 0.2) is 0 Å². The van der Waals surface area contributed by atoms with Crippen LogP contribution in [0.25, 0.3) is 16.9 Å². The molecule has 0 aliphatic carbocycles. The third-order valence-electron chi connectivity index (χ3n) is 5.68. The molecule has 0 saturated carbocycles. The summed E-state index contributed by atoms with van der Waals surface area (Å²) in [4.78, 5) is 23.0. The Bertz CT molecular complexity index is 1350. The minimum absolute atomic E-state index is 0.102. The Morgan fingerprint density at radius 2 is 1.81 bits per heavy atom. The first kappa shape index (κ1) is 23.5. The number of rotatable bonds is 5. The van der Waals surface area contributed by atoms with Gasteiger partial charge in [0.1, 0.15) is 11.5 Å².